The molecular formula is C8H23Br2N3. The Hall–Kier alpha value is 0.840. The summed E-state index contributed by atoms with van der Waals surface area (Å²) in [5.41, 5.74) is 0. The molecule has 0 amide bonds. The number of nitrogens with zero attached hydrogens (tertiary/aromatic N) is 2. The molecule has 0 atom stereocenters. The van der Waals surface area contributed by atoms with Crippen molar-refractivity contribution in [3.05, 3.63) is 0 Å². The van der Waals surface area contributed by atoms with Crippen LogP contribution >= 0.6 is 31.9 Å². The number of halogens is 2. The Kier molecular flexibility index (Phi) is 27.8. The highest BCUT2D eigenvalue weighted by molar-refractivity contribution is 9.24. The van der Waals surface area contributed by atoms with Gasteiger partial charge in [0, 0.05) is 6.67 Å². The fraction of sp³-hybridized carbons (Fsp3) is 1.00. The second-order valence-corrected chi connectivity index (χ2v) is 5.53. The highest BCUT2D eigenvalue weighted by Gasteiger charge is 1.87. The Bertz CT molecular complexity index is 62.4. The largest absolute Gasteiger partial charge is 0.323 e. The fourth-order valence-corrected chi connectivity index (χ4v) is 0.566. The molecule has 0 heterocycles. The predicted molar refractivity (Wildman–Crippen MR) is 69.9 cm³/mol. The molecule has 0 aromatic carbocycles. The van der Waals surface area contributed by atoms with Crippen molar-refractivity contribution in [2.45, 2.75) is 0 Å². The Morgan fingerprint density at radius 2 is 1.08 bits per heavy atom. The Morgan fingerprint density at radius 1 is 0.923 bits per heavy atom. The number of rotatable bonds is 2. The summed E-state index contributed by atoms with van der Waals surface area (Å²) >= 11 is 6.12. The molecule has 5 heteroatoms. The van der Waals surface area contributed by atoms with Crippen LogP contribution in [0.25, 0.3) is 0 Å². The summed E-state index contributed by atoms with van der Waals surface area (Å²) in [5, 5.41) is 2.75. The van der Waals surface area contributed by atoms with Crippen LogP contribution in [0.1, 0.15) is 0 Å². The van der Waals surface area contributed by atoms with Gasteiger partial charge in [0.15, 0.2) is 0 Å². The van der Waals surface area contributed by atoms with Gasteiger partial charge in [-0.3, -0.25) is 9.80 Å². The molecule has 1 N–H and O–H groups in total. The van der Waals surface area contributed by atoms with Crippen molar-refractivity contribution < 1.29 is 0 Å². The smallest absolute Gasteiger partial charge is 0.0588 e. The van der Waals surface area contributed by atoms with E-state index in [1.165, 1.54) is 0 Å². The quantitative estimate of drug-likeness (QED) is 0.616. The monoisotopic (exact) mass is 319 g/mol. The molecule has 0 rings (SSSR count). The molecule has 13 heavy (non-hydrogen) atoms. The van der Waals surface area contributed by atoms with Crippen LogP contribution in [0.4, 0.5) is 0 Å². The van der Waals surface area contributed by atoms with Crippen molar-refractivity contribution in [3.8, 4) is 0 Å². The molecule has 0 aromatic heterocycles. The van der Waals surface area contributed by atoms with Gasteiger partial charge >= 0.3 is 0 Å². The van der Waals surface area contributed by atoms with Crippen LogP contribution in [0.2, 0.25) is 0 Å². The molecule has 0 aliphatic carbocycles. The van der Waals surface area contributed by atoms with Crippen LogP contribution in [-0.2, 0) is 0 Å². The fourth-order valence-electron chi connectivity index (χ4n) is 0.566. The highest BCUT2D eigenvalue weighted by atomic mass is 79.9. The van der Waals surface area contributed by atoms with Crippen molar-refractivity contribution in [2.75, 3.05) is 53.2 Å². The van der Waals surface area contributed by atoms with Crippen LogP contribution in [0.5, 0.6) is 0 Å². The van der Waals surface area contributed by atoms with E-state index in [-0.39, 0.29) is 0 Å². The van der Waals surface area contributed by atoms with E-state index in [4.69, 9.17) is 0 Å². The third-order valence-electron chi connectivity index (χ3n) is 0.566. The first-order chi connectivity index (χ1) is 5.95. The molecule has 0 saturated heterocycles. The minimum atomic E-state index is 0.875. The minimum Gasteiger partial charge on any atom is -0.323 e. The topological polar surface area (TPSA) is 18.5 Å². The van der Waals surface area contributed by atoms with Crippen molar-refractivity contribution in [3.63, 3.8) is 0 Å². The van der Waals surface area contributed by atoms with E-state index in [1.807, 2.05) is 14.1 Å². The third-order valence-corrected chi connectivity index (χ3v) is 0.566. The second-order valence-electron chi connectivity index (χ2n) is 2.90. The summed E-state index contributed by atoms with van der Waals surface area (Å²) in [6.45, 7) is 1.03. The Labute approximate surface area is 100 Å². The number of alkyl halides is 2. The van der Waals surface area contributed by atoms with Crippen molar-refractivity contribution >= 4 is 31.9 Å². The van der Waals surface area contributed by atoms with Gasteiger partial charge in [0.1, 0.15) is 0 Å². The van der Waals surface area contributed by atoms with Gasteiger partial charge in [-0.15, -0.1) is 0 Å². The van der Waals surface area contributed by atoms with Crippen molar-refractivity contribution in [1.82, 2.24) is 15.1 Å². The molecule has 0 unspecified atom stereocenters. The first-order valence-corrected chi connectivity index (χ1v) is 6.20. The molecule has 0 bridgehead atoms. The Balaban J connectivity index is -0.000000140. The van der Waals surface area contributed by atoms with E-state index in [2.05, 4.69) is 75.2 Å². The highest BCUT2D eigenvalue weighted by Crippen LogP contribution is 1.83. The average Bonchev–Trinajstić information content (AvgIpc) is 1.86. The summed E-state index contributed by atoms with van der Waals surface area (Å²) in [4.78, 5) is 4.25. The van der Waals surface area contributed by atoms with Crippen LogP contribution in [0, 0.1) is 0 Å². The van der Waals surface area contributed by atoms with Crippen molar-refractivity contribution in [2.24, 2.45) is 0 Å². The van der Waals surface area contributed by atoms with Gasteiger partial charge in [-0.2, -0.15) is 0 Å². The lowest BCUT2D eigenvalue weighted by Crippen LogP contribution is -2.26. The van der Waals surface area contributed by atoms with E-state index in [9.17, 15) is 0 Å². The van der Waals surface area contributed by atoms with Crippen LogP contribution in [-0.4, -0.2) is 63.0 Å². The molecule has 0 radical (unpaired) electrons. The van der Waals surface area contributed by atoms with Crippen molar-refractivity contribution in [1.29, 1.82) is 0 Å². The van der Waals surface area contributed by atoms with E-state index in [0.29, 0.717) is 0 Å². The summed E-state index contributed by atoms with van der Waals surface area (Å²) in [5.74, 6) is 0. The lowest BCUT2D eigenvalue weighted by Gasteiger charge is -2.14. The van der Waals surface area contributed by atoms with Gasteiger partial charge < -0.3 is 5.32 Å². The van der Waals surface area contributed by atoms with Gasteiger partial charge in [-0.1, -0.05) is 31.9 Å². The number of hydrogen-bond donors (Lipinski definition) is 1. The molecule has 0 fully saturated rings. The van der Waals surface area contributed by atoms with E-state index in [0.717, 1.165) is 10.9 Å². The van der Waals surface area contributed by atoms with Gasteiger partial charge in [-0.05, 0) is 42.3 Å². The maximum Gasteiger partial charge on any atom is 0.0588 e. The molecule has 0 saturated carbocycles. The zero-order chi connectivity index (χ0) is 11.3. The first-order valence-electron chi connectivity index (χ1n) is 3.96. The molecule has 3 nitrogen and oxygen atoms in total. The molecule has 0 spiro atoms. The summed E-state index contributed by atoms with van der Waals surface area (Å²) in [6.07, 6.45) is 0. The molecular weight excluding hydrogens is 298 g/mol. The summed E-state index contributed by atoms with van der Waals surface area (Å²) in [7, 11) is 12.0. The van der Waals surface area contributed by atoms with Crippen LogP contribution in [0.3, 0.4) is 0 Å². The minimum absolute atomic E-state index is 0.875. The third kappa shape index (κ3) is 64.4. The normalized spacial score (nSPS) is 8.77. The molecule has 0 aliphatic rings. The maximum absolute atomic E-state index is 3.06. The predicted octanol–water partition coefficient (Wildman–Crippen LogP) is 1.64. The number of nitrogens with one attached hydrogen (secondary N) is 1. The Morgan fingerprint density at radius 3 is 1.08 bits per heavy atom. The SMILES string of the molecule is BrCBr.CN(C)CN(C)C.CNC. The van der Waals surface area contributed by atoms with E-state index in [1.54, 1.807) is 0 Å². The maximum atomic E-state index is 3.06. The van der Waals surface area contributed by atoms with E-state index < -0.39 is 0 Å². The first kappa shape index (κ1) is 19.4. The van der Waals surface area contributed by atoms with E-state index >= 15 is 0 Å². The number of hydrogen-bond acceptors (Lipinski definition) is 3. The van der Waals surface area contributed by atoms with Gasteiger partial charge in [0.05, 0.1) is 4.24 Å². The second kappa shape index (κ2) is 18.6. The zero-order valence-electron chi connectivity index (χ0n) is 9.56. The van der Waals surface area contributed by atoms with Gasteiger partial charge in [0.2, 0.25) is 0 Å². The van der Waals surface area contributed by atoms with Crippen LogP contribution < -0.4 is 5.32 Å². The molecule has 0 aromatic rings. The average molecular weight is 321 g/mol. The van der Waals surface area contributed by atoms with Gasteiger partial charge in [-0.25, -0.2) is 0 Å². The molecule has 0 aliphatic heterocycles. The standard InChI is InChI=1S/C5H14N2.C2H7N.CH2Br2/c1-6(2)5-7(3)4;1-3-2;2-1-3/h5H2,1-4H3;3H,1-2H3;1H2. The summed E-state index contributed by atoms with van der Waals surface area (Å²) < 4.78 is 0.875. The van der Waals surface area contributed by atoms with Crippen LogP contribution in [0.15, 0.2) is 0 Å². The van der Waals surface area contributed by atoms with Gasteiger partial charge in [0.25, 0.3) is 0 Å². The lowest BCUT2D eigenvalue weighted by atomic mass is 10.8. The lowest BCUT2D eigenvalue weighted by molar-refractivity contribution is 0.245. The molecule has 84 valence electrons. The summed E-state index contributed by atoms with van der Waals surface area (Å²) in [6, 6.07) is 0. The zero-order valence-corrected chi connectivity index (χ0v) is 12.7.